The number of nitrogens with zero attached hydrogens (tertiary/aromatic N) is 2. The van der Waals surface area contributed by atoms with Gasteiger partial charge in [0.15, 0.2) is 5.82 Å². The first-order chi connectivity index (χ1) is 12.7. The molecule has 148 valence electrons. The van der Waals surface area contributed by atoms with Crippen LogP contribution in [0.25, 0.3) is 0 Å². The van der Waals surface area contributed by atoms with E-state index in [1.54, 1.807) is 24.8 Å². The highest BCUT2D eigenvalue weighted by atomic mass is 19.1. The highest BCUT2D eigenvalue weighted by Gasteiger charge is 2.30. The molecule has 8 heteroatoms. The topological polar surface area (TPSA) is 84.9 Å². The lowest BCUT2D eigenvalue weighted by Gasteiger charge is -2.41. The second-order valence-electron chi connectivity index (χ2n) is 7.97. The SMILES string of the molecule is CC1CN(C(=O)Nc2ccc3c(c2F)CCNC3=O)CCN1CC(C)(C)O. The van der Waals surface area contributed by atoms with Gasteiger partial charge in [0.05, 0.1) is 11.3 Å². The molecule has 1 saturated heterocycles. The molecule has 0 spiro atoms. The molecule has 1 atom stereocenters. The van der Waals surface area contributed by atoms with Gasteiger partial charge in [-0.15, -0.1) is 0 Å². The van der Waals surface area contributed by atoms with Gasteiger partial charge in [0.2, 0.25) is 0 Å². The van der Waals surface area contributed by atoms with E-state index in [1.165, 1.54) is 6.07 Å². The molecule has 0 radical (unpaired) electrons. The van der Waals surface area contributed by atoms with Crippen LogP contribution in [-0.4, -0.2) is 71.2 Å². The molecular formula is C19H27FN4O3. The molecule has 1 unspecified atom stereocenters. The van der Waals surface area contributed by atoms with Crippen LogP contribution in [-0.2, 0) is 6.42 Å². The van der Waals surface area contributed by atoms with Crippen molar-refractivity contribution in [2.75, 3.05) is 38.0 Å². The molecule has 3 rings (SSSR count). The predicted octanol–water partition coefficient (Wildman–Crippen LogP) is 1.42. The first kappa shape index (κ1) is 19.6. The summed E-state index contributed by atoms with van der Waals surface area (Å²) in [6.45, 7) is 8.09. The van der Waals surface area contributed by atoms with Crippen LogP contribution in [0.5, 0.6) is 0 Å². The number of anilines is 1. The lowest BCUT2D eigenvalue weighted by Crippen LogP contribution is -2.57. The number of fused-ring (bicyclic) bond motifs is 1. The van der Waals surface area contributed by atoms with Crippen molar-refractivity contribution in [3.63, 3.8) is 0 Å². The van der Waals surface area contributed by atoms with Crippen molar-refractivity contribution in [2.45, 2.75) is 38.8 Å². The van der Waals surface area contributed by atoms with Crippen molar-refractivity contribution in [1.82, 2.24) is 15.1 Å². The van der Waals surface area contributed by atoms with Crippen LogP contribution in [0.15, 0.2) is 12.1 Å². The third kappa shape index (κ3) is 4.39. The van der Waals surface area contributed by atoms with E-state index < -0.39 is 11.4 Å². The highest BCUT2D eigenvalue weighted by Crippen LogP contribution is 2.25. The normalized spacial score (nSPS) is 20.9. The lowest BCUT2D eigenvalue weighted by atomic mass is 9.99. The summed E-state index contributed by atoms with van der Waals surface area (Å²) < 4.78 is 14.7. The van der Waals surface area contributed by atoms with Crippen LogP contribution >= 0.6 is 0 Å². The second-order valence-corrected chi connectivity index (χ2v) is 7.97. The summed E-state index contributed by atoms with van der Waals surface area (Å²) in [5, 5.41) is 15.3. The zero-order valence-electron chi connectivity index (χ0n) is 16.0. The molecule has 1 fully saturated rings. The van der Waals surface area contributed by atoms with Crippen LogP contribution in [0.4, 0.5) is 14.9 Å². The Morgan fingerprint density at radius 2 is 2.15 bits per heavy atom. The van der Waals surface area contributed by atoms with Crippen molar-refractivity contribution in [1.29, 1.82) is 0 Å². The smallest absolute Gasteiger partial charge is 0.322 e. The Kier molecular flexibility index (Phi) is 5.39. The Labute approximate surface area is 158 Å². The average Bonchev–Trinajstić information content (AvgIpc) is 2.58. The number of aliphatic hydroxyl groups is 1. The minimum Gasteiger partial charge on any atom is -0.389 e. The first-order valence-electron chi connectivity index (χ1n) is 9.27. The van der Waals surface area contributed by atoms with Gasteiger partial charge in [-0.05, 0) is 39.3 Å². The van der Waals surface area contributed by atoms with E-state index in [0.29, 0.717) is 50.3 Å². The van der Waals surface area contributed by atoms with Gasteiger partial charge in [0.25, 0.3) is 5.91 Å². The summed E-state index contributed by atoms with van der Waals surface area (Å²) in [6.07, 6.45) is 0.406. The zero-order chi connectivity index (χ0) is 19.8. The summed E-state index contributed by atoms with van der Waals surface area (Å²) in [6, 6.07) is 2.72. The van der Waals surface area contributed by atoms with Gasteiger partial charge in [-0.25, -0.2) is 9.18 Å². The molecule has 27 heavy (non-hydrogen) atoms. The maximum absolute atomic E-state index is 14.7. The third-order valence-corrected chi connectivity index (χ3v) is 5.03. The maximum atomic E-state index is 14.7. The third-order valence-electron chi connectivity index (χ3n) is 5.03. The summed E-state index contributed by atoms with van der Waals surface area (Å²) >= 11 is 0. The van der Waals surface area contributed by atoms with E-state index in [4.69, 9.17) is 0 Å². The molecule has 3 N–H and O–H groups in total. The molecule has 0 saturated carbocycles. The molecule has 0 aromatic heterocycles. The number of nitrogens with one attached hydrogen (secondary N) is 2. The number of benzene rings is 1. The molecule has 0 bridgehead atoms. The van der Waals surface area contributed by atoms with E-state index >= 15 is 0 Å². The Hall–Kier alpha value is -2.19. The monoisotopic (exact) mass is 378 g/mol. The van der Waals surface area contributed by atoms with Gasteiger partial charge < -0.3 is 20.6 Å². The number of hydrogen-bond donors (Lipinski definition) is 3. The number of carbonyl (C=O) groups is 2. The van der Waals surface area contributed by atoms with Gasteiger partial charge in [-0.2, -0.15) is 0 Å². The van der Waals surface area contributed by atoms with Gasteiger partial charge in [-0.3, -0.25) is 9.69 Å². The van der Waals surface area contributed by atoms with Crippen LogP contribution in [0.3, 0.4) is 0 Å². The van der Waals surface area contributed by atoms with Crippen LogP contribution < -0.4 is 10.6 Å². The molecule has 2 heterocycles. The molecule has 7 nitrogen and oxygen atoms in total. The highest BCUT2D eigenvalue weighted by molar-refractivity contribution is 5.98. The van der Waals surface area contributed by atoms with Crippen molar-refractivity contribution >= 4 is 17.6 Å². The Morgan fingerprint density at radius 3 is 2.81 bits per heavy atom. The quantitative estimate of drug-likeness (QED) is 0.743. The average molecular weight is 378 g/mol. The van der Waals surface area contributed by atoms with E-state index in [2.05, 4.69) is 15.5 Å². The maximum Gasteiger partial charge on any atom is 0.322 e. The van der Waals surface area contributed by atoms with E-state index in [9.17, 15) is 19.1 Å². The van der Waals surface area contributed by atoms with Crippen LogP contribution in [0.1, 0.15) is 36.7 Å². The molecule has 2 aliphatic heterocycles. The first-order valence-corrected chi connectivity index (χ1v) is 9.27. The second kappa shape index (κ2) is 7.44. The minimum absolute atomic E-state index is 0.0907. The Morgan fingerprint density at radius 1 is 1.41 bits per heavy atom. The summed E-state index contributed by atoms with van der Waals surface area (Å²) in [7, 11) is 0. The summed E-state index contributed by atoms with van der Waals surface area (Å²) in [5.41, 5.74) is -0.0254. The van der Waals surface area contributed by atoms with Crippen molar-refractivity contribution in [2.24, 2.45) is 0 Å². The van der Waals surface area contributed by atoms with Crippen molar-refractivity contribution < 1.29 is 19.1 Å². The molecule has 1 aromatic carbocycles. The Balaban J connectivity index is 1.66. The van der Waals surface area contributed by atoms with Crippen LogP contribution in [0, 0.1) is 5.82 Å². The number of carbonyl (C=O) groups excluding carboxylic acids is 2. The Bertz CT molecular complexity index is 747. The molecule has 3 amide bonds. The summed E-state index contributed by atoms with van der Waals surface area (Å²) in [5.74, 6) is -0.825. The van der Waals surface area contributed by atoms with Crippen molar-refractivity contribution in [3.05, 3.63) is 29.1 Å². The fourth-order valence-corrected chi connectivity index (χ4v) is 3.68. The van der Waals surface area contributed by atoms with E-state index in [0.717, 1.165) is 0 Å². The van der Waals surface area contributed by atoms with Crippen LogP contribution in [0.2, 0.25) is 0 Å². The van der Waals surface area contributed by atoms with Gasteiger partial charge in [0.1, 0.15) is 0 Å². The molecular weight excluding hydrogens is 351 g/mol. The van der Waals surface area contributed by atoms with E-state index in [-0.39, 0.29) is 23.7 Å². The zero-order valence-corrected chi connectivity index (χ0v) is 16.0. The fraction of sp³-hybridized carbons (Fsp3) is 0.579. The van der Waals surface area contributed by atoms with Gasteiger partial charge in [0, 0.05) is 49.9 Å². The predicted molar refractivity (Wildman–Crippen MR) is 100 cm³/mol. The lowest BCUT2D eigenvalue weighted by molar-refractivity contribution is 0.00376. The molecule has 1 aromatic rings. The van der Waals surface area contributed by atoms with Gasteiger partial charge >= 0.3 is 6.03 Å². The molecule has 2 aliphatic rings. The largest absolute Gasteiger partial charge is 0.389 e. The standard InChI is InChI=1S/C19H27FN4O3/c1-12-10-23(8-9-24(12)11-19(2,3)27)18(26)22-15-5-4-14-13(16(15)20)6-7-21-17(14)25/h4-5,12,27H,6-11H2,1-3H3,(H,21,25)(H,22,26). The van der Waals surface area contributed by atoms with Gasteiger partial charge in [-0.1, -0.05) is 0 Å². The summed E-state index contributed by atoms with van der Waals surface area (Å²) in [4.78, 5) is 28.2. The fourth-order valence-electron chi connectivity index (χ4n) is 3.68. The number of halogens is 1. The number of piperazine rings is 1. The number of amides is 3. The number of hydrogen-bond acceptors (Lipinski definition) is 4. The van der Waals surface area contributed by atoms with E-state index in [1.807, 2.05) is 6.92 Å². The minimum atomic E-state index is -0.794. The number of urea groups is 1. The number of rotatable bonds is 3. The van der Waals surface area contributed by atoms with Crippen molar-refractivity contribution in [3.8, 4) is 0 Å². The molecule has 0 aliphatic carbocycles. The number of β-amino-alcohol motifs (C(OH)–C–C–N with tert-alkyl or cyclic N) is 1.